The van der Waals surface area contributed by atoms with Crippen LogP contribution in [0.3, 0.4) is 0 Å². The maximum atomic E-state index is 11.9. The summed E-state index contributed by atoms with van der Waals surface area (Å²) in [5.74, 6) is -0.348. The fourth-order valence-electron chi connectivity index (χ4n) is 2.06. The van der Waals surface area contributed by atoms with E-state index in [-0.39, 0.29) is 5.97 Å². The molecule has 0 radical (unpaired) electrons. The van der Waals surface area contributed by atoms with Crippen molar-refractivity contribution in [3.8, 4) is 0 Å². The van der Waals surface area contributed by atoms with Crippen molar-refractivity contribution in [3.05, 3.63) is 64.1 Å². The largest absolute Gasteiger partial charge is 0.460 e. The molecular weight excluding hydrogens is 321 g/mol. The van der Waals surface area contributed by atoms with E-state index in [1.54, 1.807) is 24.3 Å². The van der Waals surface area contributed by atoms with Crippen molar-refractivity contribution in [1.82, 2.24) is 0 Å². The summed E-state index contributed by atoms with van der Waals surface area (Å²) in [6.45, 7) is 3.76. The van der Waals surface area contributed by atoms with Crippen molar-refractivity contribution in [2.24, 2.45) is 0 Å². The van der Waals surface area contributed by atoms with Gasteiger partial charge in [0.1, 0.15) is 6.61 Å². The molecule has 22 heavy (non-hydrogen) atoms. The average molecular weight is 338 g/mol. The number of nitrogens with zero attached hydrogens (tertiary/aromatic N) is 1. The highest BCUT2D eigenvalue weighted by Crippen LogP contribution is 2.19. The van der Waals surface area contributed by atoms with Gasteiger partial charge in [0.15, 0.2) is 0 Å². The Morgan fingerprint density at radius 1 is 1.09 bits per heavy atom. The number of hydrogen-bond donors (Lipinski definition) is 0. The predicted octanol–water partition coefficient (Wildman–Crippen LogP) is 4.68. The van der Waals surface area contributed by atoms with Gasteiger partial charge in [0, 0.05) is 22.3 Å². The molecule has 0 spiro atoms. The normalized spacial score (nSPS) is 10.3. The van der Waals surface area contributed by atoms with E-state index in [1.165, 1.54) is 0 Å². The standard InChI is InChI=1S/C17H17Cl2NO2/c1-2-20(16-5-3-4-15(19)12-16)10-11-22-17(21)13-6-8-14(18)9-7-13/h3-9,12H,2,10-11H2,1H3. The second-order valence-corrected chi connectivity index (χ2v) is 5.58. The number of carbonyl (C=O) groups excluding carboxylic acids is 1. The molecule has 2 aromatic carbocycles. The van der Waals surface area contributed by atoms with Crippen molar-refractivity contribution < 1.29 is 9.53 Å². The molecule has 5 heteroatoms. The summed E-state index contributed by atoms with van der Waals surface area (Å²) in [6.07, 6.45) is 0. The zero-order valence-corrected chi connectivity index (χ0v) is 13.8. The first-order valence-electron chi connectivity index (χ1n) is 7.03. The molecule has 2 aromatic rings. The van der Waals surface area contributed by atoms with Crippen LogP contribution in [0.4, 0.5) is 5.69 Å². The lowest BCUT2D eigenvalue weighted by Gasteiger charge is -2.23. The second kappa shape index (κ2) is 8.06. The number of hydrogen-bond acceptors (Lipinski definition) is 3. The van der Waals surface area contributed by atoms with Crippen molar-refractivity contribution in [2.75, 3.05) is 24.6 Å². The maximum absolute atomic E-state index is 11.9. The highest BCUT2D eigenvalue weighted by molar-refractivity contribution is 6.31. The minimum atomic E-state index is -0.348. The van der Waals surface area contributed by atoms with Crippen LogP contribution >= 0.6 is 23.2 Å². The van der Waals surface area contributed by atoms with Crippen LogP contribution < -0.4 is 4.90 Å². The molecule has 0 amide bonds. The summed E-state index contributed by atoms with van der Waals surface area (Å²) < 4.78 is 5.30. The summed E-state index contributed by atoms with van der Waals surface area (Å²) >= 11 is 11.8. The minimum absolute atomic E-state index is 0.307. The fraction of sp³-hybridized carbons (Fsp3) is 0.235. The molecule has 0 aliphatic rings. The zero-order valence-electron chi connectivity index (χ0n) is 12.3. The third kappa shape index (κ3) is 4.65. The topological polar surface area (TPSA) is 29.5 Å². The first-order chi connectivity index (χ1) is 10.6. The van der Waals surface area contributed by atoms with Gasteiger partial charge in [-0.1, -0.05) is 29.3 Å². The Morgan fingerprint density at radius 2 is 1.82 bits per heavy atom. The number of rotatable bonds is 6. The molecule has 0 saturated carbocycles. The molecule has 0 N–H and O–H groups in total. The molecule has 0 fully saturated rings. The van der Waals surface area contributed by atoms with Crippen LogP contribution in [0.1, 0.15) is 17.3 Å². The van der Waals surface area contributed by atoms with Crippen LogP contribution in [0.2, 0.25) is 10.0 Å². The maximum Gasteiger partial charge on any atom is 0.338 e. The SMILES string of the molecule is CCN(CCOC(=O)c1ccc(Cl)cc1)c1cccc(Cl)c1. The van der Waals surface area contributed by atoms with Crippen LogP contribution in [0.5, 0.6) is 0 Å². The number of carbonyl (C=O) groups is 1. The van der Waals surface area contributed by atoms with Crippen LogP contribution in [0, 0.1) is 0 Å². The smallest absolute Gasteiger partial charge is 0.338 e. The van der Waals surface area contributed by atoms with Gasteiger partial charge in [-0.3, -0.25) is 0 Å². The Morgan fingerprint density at radius 3 is 2.45 bits per heavy atom. The van der Waals surface area contributed by atoms with Gasteiger partial charge < -0.3 is 9.64 Å². The van der Waals surface area contributed by atoms with Gasteiger partial charge in [-0.05, 0) is 49.4 Å². The van der Waals surface area contributed by atoms with Gasteiger partial charge in [0.2, 0.25) is 0 Å². The Kier molecular flexibility index (Phi) is 6.10. The fourth-order valence-corrected chi connectivity index (χ4v) is 2.37. The molecule has 3 nitrogen and oxygen atoms in total. The van der Waals surface area contributed by atoms with E-state index in [0.29, 0.717) is 28.8 Å². The van der Waals surface area contributed by atoms with E-state index >= 15 is 0 Å². The van der Waals surface area contributed by atoms with Crippen LogP contribution in [0.25, 0.3) is 0 Å². The lowest BCUT2D eigenvalue weighted by Crippen LogP contribution is -2.28. The molecule has 0 atom stereocenters. The second-order valence-electron chi connectivity index (χ2n) is 4.70. The molecule has 0 aromatic heterocycles. The molecule has 116 valence electrons. The van der Waals surface area contributed by atoms with Gasteiger partial charge in [-0.25, -0.2) is 4.79 Å². The third-order valence-corrected chi connectivity index (χ3v) is 3.72. The summed E-state index contributed by atoms with van der Waals surface area (Å²) in [5, 5.41) is 1.28. The highest BCUT2D eigenvalue weighted by Gasteiger charge is 2.09. The first kappa shape index (κ1) is 16.7. The van der Waals surface area contributed by atoms with Gasteiger partial charge >= 0.3 is 5.97 Å². The van der Waals surface area contributed by atoms with Gasteiger partial charge in [0.05, 0.1) is 12.1 Å². The molecule has 0 bridgehead atoms. The highest BCUT2D eigenvalue weighted by atomic mass is 35.5. The number of esters is 1. The lowest BCUT2D eigenvalue weighted by molar-refractivity contribution is 0.0515. The molecule has 0 heterocycles. The zero-order chi connectivity index (χ0) is 15.9. The van der Waals surface area contributed by atoms with Crippen molar-refractivity contribution in [3.63, 3.8) is 0 Å². The number of ether oxygens (including phenoxy) is 1. The van der Waals surface area contributed by atoms with Crippen molar-refractivity contribution in [1.29, 1.82) is 0 Å². The van der Waals surface area contributed by atoms with E-state index in [2.05, 4.69) is 4.90 Å². The monoisotopic (exact) mass is 337 g/mol. The molecule has 2 rings (SSSR count). The van der Waals surface area contributed by atoms with E-state index in [9.17, 15) is 4.79 Å². The Labute approximate surface area is 140 Å². The summed E-state index contributed by atoms with van der Waals surface area (Å²) in [5.41, 5.74) is 1.51. The predicted molar refractivity (Wildman–Crippen MR) is 91.1 cm³/mol. The lowest BCUT2D eigenvalue weighted by atomic mass is 10.2. The Bertz CT molecular complexity index is 629. The Hall–Kier alpha value is -1.71. The van der Waals surface area contributed by atoms with Crippen LogP contribution in [-0.4, -0.2) is 25.7 Å². The summed E-state index contributed by atoms with van der Waals surface area (Å²) in [6, 6.07) is 14.3. The minimum Gasteiger partial charge on any atom is -0.460 e. The summed E-state index contributed by atoms with van der Waals surface area (Å²) in [7, 11) is 0. The van der Waals surface area contributed by atoms with Crippen LogP contribution in [0.15, 0.2) is 48.5 Å². The first-order valence-corrected chi connectivity index (χ1v) is 7.79. The molecule has 0 aliphatic heterocycles. The number of likely N-dealkylation sites (N-methyl/N-ethyl adjacent to an activating group) is 1. The van der Waals surface area contributed by atoms with Crippen LogP contribution in [-0.2, 0) is 4.74 Å². The number of benzene rings is 2. The van der Waals surface area contributed by atoms with Crippen molar-refractivity contribution >= 4 is 34.9 Å². The van der Waals surface area contributed by atoms with Gasteiger partial charge in [-0.2, -0.15) is 0 Å². The summed E-state index contributed by atoms with van der Waals surface area (Å²) in [4.78, 5) is 14.0. The molecular formula is C17H17Cl2NO2. The molecule has 0 saturated heterocycles. The quantitative estimate of drug-likeness (QED) is 0.717. The van der Waals surface area contributed by atoms with Crippen molar-refractivity contribution in [2.45, 2.75) is 6.92 Å². The molecule has 0 aliphatic carbocycles. The van der Waals surface area contributed by atoms with E-state index in [0.717, 1.165) is 12.2 Å². The van der Waals surface area contributed by atoms with Gasteiger partial charge in [-0.15, -0.1) is 0 Å². The average Bonchev–Trinajstić information content (AvgIpc) is 2.52. The van der Waals surface area contributed by atoms with E-state index < -0.39 is 0 Å². The van der Waals surface area contributed by atoms with Gasteiger partial charge in [0.25, 0.3) is 0 Å². The van der Waals surface area contributed by atoms with E-state index in [4.69, 9.17) is 27.9 Å². The third-order valence-electron chi connectivity index (χ3n) is 3.23. The Balaban J connectivity index is 1.88. The molecule has 0 unspecified atom stereocenters. The number of anilines is 1. The van der Waals surface area contributed by atoms with E-state index in [1.807, 2.05) is 31.2 Å². The number of halogens is 2.